The van der Waals surface area contributed by atoms with Gasteiger partial charge in [-0.2, -0.15) is 0 Å². The summed E-state index contributed by atoms with van der Waals surface area (Å²) in [5, 5.41) is 0. The van der Waals surface area contributed by atoms with Gasteiger partial charge in [0.2, 0.25) is 0 Å². The maximum Gasteiger partial charge on any atom is 0.165 e. The first-order valence-corrected chi connectivity index (χ1v) is 5.53. The Morgan fingerprint density at radius 3 is 2.88 bits per heavy atom. The average molecular weight is 234 g/mol. The molecule has 0 unspecified atom stereocenters. The van der Waals surface area contributed by atoms with Gasteiger partial charge in [-0.05, 0) is 31.5 Å². The number of rotatable bonds is 4. The summed E-state index contributed by atoms with van der Waals surface area (Å²) in [6.07, 6.45) is 3.62. The van der Waals surface area contributed by atoms with E-state index in [1.807, 2.05) is 24.6 Å². The van der Waals surface area contributed by atoms with Crippen molar-refractivity contribution in [1.82, 2.24) is 9.55 Å². The van der Waals surface area contributed by atoms with Crippen molar-refractivity contribution in [2.75, 3.05) is 6.61 Å². The van der Waals surface area contributed by atoms with Crippen molar-refractivity contribution in [3.05, 3.63) is 47.8 Å². The molecule has 0 bridgehead atoms. The van der Waals surface area contributed by atoms with Crippen LogP contribution in [0.25, 0.3) is 0 Å². The van der Waals surface area contributed by atoms with Gasteiger partial charge in [-0.3, -0.25) is 0 Å². The Labute approximate surface area is 99.9 Å². The molecule has 0 aliphatic carbocycles. The molecule has 1 heterocycles. The Kier molecular flexibility index (Phi) is 3.42. The molecule has 4 heteroatoms. The summed E-state index contributed by atoms with van der Waals surface area (Å²) in [6, 6.07) is 4.85. The molecule has 2 rings (SSSR count). The van der Waals surface area contributed by atoms with Gasteiger partial charge >= 0.3 is 0 Å². The third-order valence-corrected chi connectivity index (χ3v) is 2.60. The number of halogens is 1. The summed E-state index contributed by atoms with van der Waals surface area (Å²) in [6.45, 7) is 4.93. The van der Waals surface area contributed by atoms with E-state index >= 15 is 0 Å². The van der Waals surface area contributed by atoms with Crippen molar-refractivity contribution < 1.29 is 9.13 Å². The molecule has 0 amide bonds. The number of hydrogen-bond acceptors (Lipinski definition) is 2. The monoisotopic (exact) mass is 234 g/mol. The van der Waals surface area contributed by atoms with E-state index in [0.717, 1.165) is 11.4 Å². The van der Waals surface area contributed by atoms with Gasteiger partial charge in [-0.1, -0.05) is 6.07 Å². The van der Waals surface area contributed by atoms with E-state index in [0.29, 0.717) is 18.9 Å². The second-order valence-corrected chi connectivity index (χ2v) is 3.95. The molecule has 90 valence electrons. The molecule has 0 saturated heterocycles. The van der Waals surface area contributed by atoms with Crippen molar-refractivity contribution in [3.8, 4) is 5.75 Å². The lowest BCUT2D eigenvalue weighted by Gasteiger charge is -2.09. The van der Waals surface area contributed by atoms with E-state index in [9.17, 15) is 4.39 Å². The van der Waals surface area contributed by atoms with E-state index in [1.165, 1.54) is 6.07 Å². The molecule has 0 radical (unpaired) electrons. The van der Waals surface area contributed by atoms with E-state index in [4.69, 9.17) is 4.74 Å². The lowest BCUT2D eigenvalue weighted by Crippen LogP contribution is -2.09. The summed E-state index contributed by atoms with van der Waals surface area (Å²) < 4.78 is 20.8. The summed E-state index contributed by atoms with van der Waals surface area (Å²) in [5.41, 5.74) is 0.986. The highest BCUT2D eigenvalue weighted by molar-refractivity contribution is 5.29. The van der Waals surface area contributed by atoms with Crippen molar-refractivity contribution in [3.63, 3.8) is 0 Å². The van der Waals surface area contributed by atoms with Crippen LogP contribution in [0.2, 0.25) is 0 Å². The van der Waals surface area contributed by atoms with Gasteiger partial charge in [0.05, 0.1) is 6.54 Å². The zero-order valence-corrected chi connectivity index (χ0v) is 9.98. The van der Waals surface area contributed by atoms with Crippen LogP contribution in [0.1, 0.15) is 11.4 Å². The molecule has 0 N–H and O–H groups in total. The molecule has 0 aliphatic rings. The Morgan fingerprint density at radius 2 is 2.18 bits per heavy atom. The zero-order chi connectivity index (χ0) is 12.3. The molecule has 17 heavy (non-hydrogen) atoms. The normalized spacial score (nSPS) is 10.5. The minimum absolute atomic E-state index is 0.308. The Balaban J connectivity index is 1.94. The van der Waals surface area contributed by atoms with Crippen LogP contribution < -0.4 is 4.74 Å². The Morgan fingerprint density at radius 1 is 1.35 bits per heavy atom. The van der Waals surface area contributed by atoms with Gasteiger partial charge in [0.15, 0.2) is 11.6 Å². The van der Waals surface area contributed by atoms with E-state index in [2.05, 4.69) is 4.98 Å². The first kappa shape index (κ1) is 11.6. The highest BCUT2D eigenvalue weighted by Crippen LogP contribution is 2.18. The number of imidazole rings is 1. The second-order valence-electron chi connectivity index (χ2n) is 3.95. The molecule has 3 nitrogen and oxygen atoms in total. The van der Waals surface area contributed by atoms with E-state index in [-0.39, 0.29) is 5.82 Å². The summed E-state index contributed by atoms with van der Waals surface area (Å²) in [5.74, 6) is 0.916. The van der Waals surface area contributed by atoms with Crippen LogP contribution in [0, 0.1) is 19.7 Å². The molecular formula is C13H15FN2O. The number of aromatic nitrogens is 2. The van der Waals surface area contributed by atoms with Gasteiger partial charge in [-0.15, -0.1) is 0 Å². The molecule has 0 saturated carbocycles. The van der Waals surface area contributed by atoms with Crippen LogP contribution >= 0.6 is 0 Å². The van der Waals surface area contributed by atoms with Crippen LogP contribution in [-0.4, -0.2) is 16.2 Å². The molecule has 2 aromatic rings. The summed E-state index contributed by atoms with van der Waals surface area (Å²) in [4.78, 5) is 4.11. The van der Waals surface area contributed by atoms with Crippen molar-refractivity contribution in [1.29, 1.82) is 0 Å². The first-order valence-electron chi connectivity index (χ1n) is 5.53. The standard InChI is InChI=1S/C13H15FN2O/c1-10-3-4-12(14)13(9-10)17-8-7-16-6-5-15-11(16)2/h3-6,9H,7-8H2,1-2H3. The van der Waals surface area contributed by atoms with Gasteiger partial charge in [-0.25, -0.2) is 9.37 Å². The first-order chi connectivity index (χ1) is 8.16. The number of aryl methyl sites for hydroxylation is 2. The Bertz CT molecular complexity index is 508. The quantitative estimate of drug-likeness (QED) is 0.813. The Hall–Kier alpha value is -1.84. The van der Waals surface area contributed by atoms with Crippen LogP contribution in [0.5, 0.6) is 5.75 Å². The number of ether oxygens (including phenoxy) is 1. The van der Waals surface area contributed by atoms with Crippen LogP contribution in [0.3, 0.4) is 0 Å². The highest BCUT2D eigenvalue weighted by Gasteiger charge is 2.03. The predicted octanol–water partition coefficient (Wildman–Crippen LogP) is 2.72. The summed E-state index contributed by atoms with van der Waals surface area (Å²) >= 11 is 0. The molecule has 1 aromatic carbocycles. The SMILES string of the molecule is Cc1ccc(F)c(OCCn2ccnc2C)c1. The molecular weight excluding hydrogens is 219 g/mol. The number of nitrogens with zero attached hydrogens (tertiary/aromatic N) is 2. The molecule has 0 spiro atoms. The van der Waals surface area contributed by atoms with Crippen molar-refractivity contribution >= 4 is 0 Å². The molecule has 0 atom stereocenters. The second kappa shape index (κ2) is 4.99. The predicted molar refractivity (Wildman–Crippen MR) is 63.6 cm³/mol. The lowest BCUT2D eigenvalue weighted by molar-refractivity contribution is 0.283. The minimum atomic E-state index is -0.321. The molecule has 0 fully saturated rings. The third-order valence-electron chi connectivity index (χ3n) is 2.60. The maximum absolute atomic E-state index is 13.4. The van der Waals surface area contributed by atoms with Gasteiger partial charge < -0.3 is 9.30 Å². The smallest absolute Gasteiger partial charge is 0.165 e. The topological polar surface area (TPSA) is 27.1 Å². The van der Waals surface area contributed by atoms with E-state index < -0.39 is 0 Å². The third kappa shape index (κ3) is 2.84. The maximum atomic E-state index is 13.4. The zero-order valence-electron chi connectivity index (χ0n) is 9.98. The number of hydrogen-bond donors (Lipinski definition) is 0. The molecule has 1 aromatic heterocycles. The highest BCUT2D eigenvalue weighted by atomic mass is 19.1. The van der Waals surface area contributed by atoms with E-state index in [1.54, 1.807) is 18.3 Å². The summed E-state index contributed by atoms with van der Waals surface area (Å²) in [7, 11) is 0. The average Bonchev–Trinajstić information content (AvgIpc) is 2.70. The lowest BCUT2D eigenvalue weighted by atomic mass is 10.2. The van der Waals surface area contributed by atoms with Crippen molar-refractivity contribution in [2.24, 2.45) is 0 Å². The van der Waals surface area contributed by atoms with Crippen LogP contribution in [0.15, 0.2) is 30.6 Å². The molecule has 0 aliphatic heterocycles. The van der Waals surface area contributed by atoms with Gasteiger partial charge in [0, 0.05) is 12.4 Å². The van der Waals surface area contributed by atoms with Crippen molar-refractivity contribution in [2.45, 2.75) is 20.4 Å². The van der Waals surface area contributed by atoms with Gasteiger partial charge in [0.25, 0.3) is 0 Å². The number of benzene rings is 1. The van der Waals surface area contributed by atoms with Crippen LogP contribution in [0.4, 0.5) is 4.39 Å². The van der Waals surface area contributed by atoms with Gasteiger partial charge in [0.1, 0.15) is 12.4 Å². The van der Waals surface area contributed by atoms with Crippen LogP contribution in [-0.2, 0) is 6.54 Å². The minimum Gasteiger partial charge on any atom is -0.489 e. The fraction of sp³-hybridized carbons (Fsp3) is 0.308. The fourth-order valence-corrected chi connectivity index (χ4v) is 1.62. The largest absolute Gasteiger partial charge is 0.489 e. The fourth-order valence-electron chi connectivity index (χ4n) is 1.62.